The van der Waals surface area contributed by atoms with Crippen molar-refractivity contribution in [2.75, 3.05) is 5.32 Å². The number of benzene rings is 2. The van der Waals surface area contributed by atoms with Crippen molar-refractivity contribution in [2.45, 2.75) is 57.6 Å². The zero-order valence-electron chi connectivity index (χ0n) is 18.1. The Morgan fingerprint density at radius 2 is 1.77 bits per heavy atom. The Kier molecular flexibility index (Phi) is 4.27. The Hall–Kier alpha value is -2.33. The normalized spacial score (nSPS) is 32.7. The number of anilines is 1. The molecule has 31 heavy (non-hydrogen) atoms. The summed E-state index contributed by atoms with van der Waals surface area (Å²) in [6.45, 7) is 4.77. The van der Waals surface area contributed by atoms with E-state index >= 15 is 0 Å². The summed E-state index contributed by atoms with van der Waals surface area (Å²) in [5.41, 5.74) is 5.05. The quantitative estimate of drug-likeness (QED) is 0.557. The van der Waals surface area contributed by atoms with Crippen LogP contribution in [-0.4, -0.2) is 17.0 Å². The average molecular weight is 434 g/mol. The molecule has 5 heteroatoms. The van der Waals surface area contributed by atoms with E-state index in [2.05, 4.69) is 37.4 Å². The van der Waals surface area contributed by atoms with Crippen LogP contribution in [0, 0.1) is 17.3 Å². The highest BCUT2D eigenvalue weighted by Gasteiger charge is 2.67. The molecule has 2 saturated carbocycles. The van der Waals surface area contributed by atoms with Crippen molar-refractivity contribution in [1.29, 1.82) is 0 Å². The van der Waals surface area contributed by atoms with Crippen LogP contribution in [0.5, 0.6) is 0 Å². The molecule has 0 saturated heterocycles. The summed E-state index contributed by atoms with van der Waals surface area (Å²) in [4.78, 5) is 11.5. The van der Waals surface area contributed by atoms with Gasteiger partial charge in [0.1, 0.15) is 5.71 Å². The predicted octanol–water partition coefficient (Wildman–Crippen LogP) is 6.94. The van der Waals surface area contributed by atoms with E-state index in [4.69, 9.17) is 26.6 Å². The minimum atomic E-state index is -0.174. The molecular weight excluding hydrogens is 406 g/mol. The summed E-state index contributed by atoms with van der Waals surface area (Å²) < 4.78 is 0. The Morgan fingerprint density at radius 1 is 1.00 bits per heavy atom. The van der Waals surface area contributed by atoms with Crippen molar-refractivity contribution in [1.82, 2.24) is 0 Å². The molecule has 2 aliphatic carbocycles. The Labute approximate surface area is 188 Å². The van der Waals surface area contributed by atoms with Gasteiger partial charge in [-0.15, -0.1) is 0 Å². The molecule has 6 rings (SSSR count). The number of aliphatic imine (C=N–C) groups is 1. The molecular formula is C26H28ClN3O. The highest BCUT2D eigenvalue weighted by molar-refractivity contribution is 6.43. The second kappa shape index (κ2) is 6.83. The molecule has 2 aromatic carbocycles. The van der Waals surface area contributed by atoms with Crippen LogP contribution in [0.15, 0.2) is 58.7 Å². The first kappa shape index (κ1) is 19.4. The van der Waals surface area contributed by atoms with Crippen LogP contribution in [0.25, 0.3) is 0 Å². The van der Waals surface area contributed by atoms with E-state index in [0.29, 0.717) is 5.92 Å². The summed E-state index contributed by atoms with van der Waals surface area (Å²) >= 11 is 6.59. The minimum Gasteiger partial charge on any atom is -0.388 e. The smallest absolute Gasteiger partial charge is 0.151 e. The van der Waals surface area contributed by atoms with Gasteiger partial charge in [0.2, 0.25) is 0 Å². The molecule has 4 unspecified atom stereocenters. The van der Waals surface area contributed by atoms with Gasteiger partial charge in [0.25, 0.3) is 0 Å². The maximum atomic E-state index is 6.59. The van der Waals surface area contributed by atoms with E-state index in [1.54, 1.807) is 0 Å². The van der Waals surface area contributed by atoms with Crippen molar-refractivity contribution in [3.63, 3.8) is 0 Å². The standard InChI is InChI=1S/C26H28ClN3O/c1-25(2)16-11-12-17(13-16)26(25)15-24(30-31-26)23-14-22(18-7-3-4-8-19(18)27)28-20-9-5-6-10-21(20)29-23/h3-10,16-17,22,28H,11-15H2,1-2H3. The first-order chi connectivity index (χ1) is 15.0. The second-order valence-corrected chi connectivity index (χ2v) is 10.5. The molecule has 4 nitrogen and oxygen atoms in total. The summed E-state index contributed by atoms with van der Waals surface area (Å²) in [6, 6.07) is 16.3. The van der Waals surface area contributed by atoms with Gasteiger partial charge in [-0.1, -0.05) is 60.9 Å². The van der Waals surface area contributed by atoms with E-state index in [-0.39, 0.29) is 17.1 Å². The van der Waals surface area contributed by atoms with Crippen LogP contribution < -0.4 is 5.32 Å². The van der Waals surface area contributed by atoms with Gasteiger partial charge < -0.3 is 10.2 Å². The molecule has 1 N–H and O–H groups in total. The highest BCUT2D eigenvalue weighted by Crippen LogP contribution is 2.65. The predicted molar refractivity (Wildman–Crippen MR) is 126 cm³/mol. The van der Waals surface area contributed by atoms with Gasteiger partial charge in [-0.2, -0.15) is 0 Å². The molecule has 1 spiro atoms. The Balaban J connectivity index is 1.38. The van der Waals surface area contributed by atoms with Crippen molar-refractivity contribution < 1.29 is 4.84 Å². The second-order valence-electron chi connectivity index (χ2n) is 10.1. The van der Waals surface area contributed by atoms with Gasteiger partial charge in [-0.05, 0) is 48.9 Å². The SMILES string of the molecule is CC1(C)C2CCC(C2)C12CC(C1=Nc3ccccc3NC(c3ccccc3Cl)C1)=NO2. The number of hydrogen-bond acceptors (Lipinski definition) is 4. The van der Waals surface area contributed by atoms with Crippen molar-refractivity contribution in [3.8, 4) is 0 Å². The molecule has 0 amide bonds. The molecule has 4 atom stereocenters. The molecule has 2 bridgehead atoms. The molecule has 2 aliphatic heterocycles. The fourth-order valence-electron chi connectivity index (χ4n) is 6.55. The van der Waals surface area contributed by atoms with Gasteiger partial charge in [-0.3, -0.25) is 0 Å². The van der Waals surface area contributed by atoms with Gasteiger partial charge in [0.05, 0.1) is 23.1 Å². The van der Waals surface area contributed by atoms with E-state index in [0.717, 1.165) is 52.1 Å². The number of para-hydroxylation sites is 2. The summed E-state index contributed by atoms with van der Waals surface area (Å²) in [5.74, 6) is 1.34. The topological polar surface area (TPSA) is 46.0 Å². The lowest BCUT2D eigenvalue weighted by Crippen LogP contribution is -2.49. The van der Waals surface area contributed by atoms with Crippen LogP contribution in [0.3, 0.4) is 0 Å². The monoisotopic (exact) mass is 433 g/mol. The van der Waals surface area contributed by atoms with Gasteiger partial charge in [-0.25, -0.2) is 4.99 Å². The van der Waals surface area contributed by atoms with Crippen LogP contribution in [0.1, 0.15) is 57.6 Å². The van der Waals surface area contributed by atoms with Crippen molar-refractivity contribution in [3.05, 3.63) is 59.1 Å². The number of oxime groups is 1. The lowest BCUT2D eigenvalue weighted by molar-refractivity contribution is -0.135. The lowest BCUT2D eigenvalue weighted by atomic mass is 9.63. The zero-order valence-corrected chi connectivity index (χ0v) is 18.8. The third-order valence-corrected chi connectivity index (χ3v) is 8.80. The molecule has 4 aliphatic rings. The zero-order chi connectivity index (χ0) is 21.2. The fourth-order valence-corrected chi connectivity index (χ4v) is 6.81. The maximum Gasteiger partial charge on any atom is 0.151 e. The van der Waals surface area contributed by atoms with Gasteiger partial charge in [0.15, 0.2) is 5.60 Å². The number of nitrogens with one attached hydrogen (secondary N) is 1. The van der Waals surface area contributed by atoms with E-state index < -0.39 is 0 Å². The molecule has 2 heterocycles. The molecule has 0 radical (unpaired) electrons. The van der Waals surface area contributed by atoms with Crippen molar-refractivity contribution >= 4 is 34.4 Å². The summed E-state index contributed by atoms with van der Waals surface area (Å²) in [5, 5.41) is 9.15. The van der Waals surface area contributed by atoms with Crippen molar-refractivity contribution in [2.24, 2.45) is 27.4 Å². The Morgan fingerprint density at radius 3 is 2.58 bits per heavy atom. The van der Waals surface area contributed by atoms with E-state index in [1.165, 1.54) is 19.3 Å². The number of fused-ring (bicyclic) bond motifs is 4. The first-order valence-electron chi connectivity index (χ1n) is 11.4. The van der Waals surface area contributed by atoms with E-state index in [9.17, 15) is 0 Å². The summed E-state index contributed by atoms with van der Waals surface area (Å²) in [7, 11) is 0. The number of nitrogens with zero attached hydrogens (tertiary/aromatic N) is 2. The molecule has 160 valence electrons. The van der Waals surface area contributed by atoms with Crippen LogP contribution >= 0.6 is 11.6 Å². The van der Waals surface area contributed by atoms with Crippen LogP contribution in [0.2, 0.25) is 5.02 Å². The summed E-state index contributed by atoms with van der Waals surface area (Å²) in [6.07, 6.45) is 5.44. The first-order valence-corrected chi connectivity index (χ1v) is 11.8. The van der Waals surface area contributed by atoms with Crippen LogP contribution in [-0.2, 0) is 4.84 Å². The number of rotatable bonds is 2. The Bertz CT molecular complexity index is 1110. The third-order valence-electron chi connectivity index (χ3n) is 8.45. The minimum absolute atomic E-state index is 0.0309. The molecule has 2 fully saturated rings. The third kappa shape index (κ3) is 2.80. The average Bonchev–Trinajstić information content (AvgIpc) is 3.43. The molecule has 0 aromatic heterocycles. The number of hydrogen-bond donors (Lipinski definition) is 1. The van der Waals surface area contributed by atoms with Gasteiger partial charge in [0, 0.05) is 29.2 Å². The lowest BCUT2D eigenvalue weighted by Gasteiger charge is -2.44. The maximum absolute atomic E-state index is 6.59. The fraction of sp³-hybridized carbons (Fsp3) is 0.462. The van der Waals surface area contributed by atoms with Gasteiger partial charge >= 0.3 is 0 Å². The van der Waals surface area contributed by atoms with E-state index in [1.807, 2.05) is 30.3 Å². The molecule has 2 aromatic rings. The largest absolute Gasteiger partial charge is 0.388 e. The highest BCUT2D eigenvalue weighted by atomic mass is 35.5. The number of halogens is 1. The van der Waals surface area contributed by atoms with Crippen LogP contribution in [0.4, 0.5) is 11.4 Å².